The second-order valence-electron chi connectivity index (χ2n) is 6.11. The molecule has 3 atom stereocenters. The molecule has 3 N–H and O–H groups in total. The molecule has 0 spiro atoms. The maximum Gasteiger partial charge on any atom is 0.0682 e. The average Bonchev–Trinajstić information content (AvgIpc) is 2.76. The van der Waals surface area contributed by atoms with Crippen LogP contribution in [-0.4, -0.2) is 60.8 Å². The zero-order valence-corrected chi connectivity index (χ0v) is 12.6. The SMILES string of the molecule is CN(C)CC1CC(O)CN1CCC(N)c1ccccc1. The van der Waals surface area contributed by atoms with Crippen molar-refractivity contribution in [2.24, 2.45) is 5.73 Å². The monoisotopic (exact) mass is 277 g/mol. The zero-order chi connectivity index (χ0) is 14.5. The van der Waals surface area contributed by atoms with Gasteiger partial charge in [-0.2, -0.15) is 0 Å². The van der Waals surface area contributed by atoms with Crippen LogP contribution in [0.2, 0.25) is 0 Å². The van der Waals surface area contributed by atoms with E-state index >= 15 is 0 Å². The Labute approximate surface area is 122 Å². The van der Waals surface area contributed by atoms with Crippen molar-refractivity contribution in [3.05, 3.63) is 35.9 Å². The van der Waals surface area contributed by atoms with Crippen LogP contribution in [0.25, 0.3) is 0 Å². The summed E-state index contributed by atoms with van der Waals surface area (Å²) in [5, 5.41) is 9.87. The Morgan fingerprint density at radius 1 is 1.35 bits per heavy atom. The van der Waals surface area contributed by atoms with Crippen molar-refractivity contribution in [1.82, 2.24) is 9.80 Å². The number of β-amino-alcohol motifs (C(OH)–C–C–N with tert-alkyl or cyclic N) is 1. The predicted molar refractivity (Wildman–Crippen MR) is 82.5 cm³/mol. The summed E-state index contributed by atoms with van der Waals surface area (Å²) in [5.41, 5.74) is 7.45. The molecule has 3 unspecified atom stereocenters. The lowest BCUT2D eigenvalue weighted by atomic mass is 10.0. The maximum atomic E-state index is 9.87. The van der Waals surface area contributed by atoms with Crippen molar-refractivity contribution >= 4 is 0 Å². The lowest BCUT2D eigenvalue weighted by molar-refractivity contribution is 0.170. The third kappa shape index (κ3) is 4.28. The van der Waals surface area contributed by atoms with E-state index < -0.39 is 0 Å². The Morgan fingerprint density at radius 3 is 2.70 bits per heavy atom. The number of hydrogen-bond donors (Lipinski definition) is 2. The quantitative estimate of drug-likeness (QED) is 0.817. The third-order valence-corrected chi connectivity index (χ3v) is 4.04. The van der Waals surface area contributed by atoms with Crippen LogP contribution >= 0.6 is 0 Å². The van der Waals surface area contributed by atoms with Gasteiger partial charge in [-0.25, -0.2) is 0 Å². The van der Waals surface area contributed by atoms with E-state index in [-0.39, 0.29) is 12.1 Å². The Kier molecular flexibility index (Phi) is 5.54. The maximum absolute atomic E-state index is 9.87. The summed E-state index contributed by atoms with van der Waals surface area (Å²) >= 11 is 0. The molecule has 0 radical (unpaired) electrons. The van der Waals surface area contributed by atoms with Gasteiger partial charge in [0.15, 0.2) is 0 Å². The average molecular weight is 277 g/mol. The summed E-state index contributed by atoms with van der Waals surface area (Å²) in [4.78, 5) is 4.57. The topological polar surface area (TPSA) is 52.7 Å². The van der Waals surface area contributed by atoms with E-state index in [4.69, 9.17) is 5.73 Å². The number of likely N-dealkylation sites (N-methyl/N-ethyl adjacent to an activating group) is 1. The molecular weight excluding hydrogens is 250 g/mol. The van der Waals surface area contributed by atoms with E-state index in [9.17, 15) is 5.11 Å². The lowest BCUT2D eigenvalue weighted by Crippen LogP contribution is -2.38. The van der Waals surface area contributed by atoms with Gasteiger partial charge in [-0.05, 0) is 32.5 Å². The molecule has 0 aliphatic carbocycles. The smallest absolute Gasteiger partial charge is 0.0682 e. The van der Waals surface area contributed by atoms with Crippen LogP contribution in [0.1, 0.15) is 24.4 Å². The van der Waals surface area contributed by atoms with Gasteiger partial charge >= 0.3 is 0 Å². The summed E-state index contributed by atoms with van der Waals surface area (Å²) in [6.07, 6.45) is 1.62. The zero-order valence-electron chi connectivity index (χ0n) is 12.6. The number of nitrogens with zero attached hydrogens (tertiary/aromatic N) is 2. The molecule has 4 heteroatoms. The van der Waals surface area contributed by atoms with Crippen LogP contribution in [0.4, 0.5) is 0 Å². The molecule has 0 bridgehead atoms. The van der Waals surface area contributed by atoms with E-state index in [2.05, 4.69) is 36.0 Å². The van der Waals surface area contributed by atoms with Crippen LogP contribution in [0.5, 0.6) is 0 Å². The van der Waals surface area contributed by atoms with Crippen molar-refractivity contribution < 1.29 is 5.11 Å². The first-order chi connectivity index (χ1) is 9.56. The van der Waals surface area contributed by atoms with Crippen molar-refractivity contribution in [3.8, 4) is 0 Å². The van der Waals surface area contributed by atoms with E-state index in [1.807, 2.05) is 18.2 Å². The first-order valence-electron chi connectivity index (χ1n) is 7.43. The molecule has 1 aromatic carbocycles. The third-order valence-electron chi connectivity index (χ3n) is 4.04. The Morgan fingerprint density at radius 2 is 2.05 bits per heavy atom. The van der Waals surface area contributed by atoms with Crippen LogP contribution in [-0.2, 0) is 0 Å². The summed E-state index contributed by atoms with van der Waals surface area (Å²) in [6.45, 7) is 2.73. The van der Waals surface area contributed by atoms with Crippen LogP contribution in [0, 0.1) is 0 Å². The number of benzene rings is 1. The lowest BCUT2D eigenvalue weighted by Gasteiger charge is -2.27. The molecule has 1 aliphatic rings. The molecule has 4 nitrogen and oxygen atoms in total. The van der Waals surface area contributed by atoms with Gasteiger partial charge < -0.3 is 15.7 Å². The molecule has 0 aromatic heterocycles. The minimum Gasteiger partial charge on any atom is -0.392 e. The van der Waals surface area contributed by atoms with Crippen molar-refractivity contribution in [1.29, 1.82) is 0 Å². The molecule has 1 aliphatic heterocycles. The predicted octanol–water partition coefficient (Wildman–Crippen LogP) is 1.07. The summed E-state index contributed by atoms with van der Waals surface area (Å²) in [5.74, 6) is 0. The number of nitrogens with two attached hydrogens (primary N) is 1. The number of aliphatic hydroxyl groups excluding tert-OH is 1. The number of aliphatic hydroxyl groups is 1. The highest BCUT2D eigenvalue weighted by atomic mass is 16.3. The Hall–Kier alpha value is -0.940. The van der Waals surface area contributed by atoms with Gasteiger partial charge in [-0.3, -0.25) is 4.90 Å². The summed E-state index contributed by atoms with van der Waals surface area (Å²) in [6, 6.07) is 10.8. The van der Waals surface area contributed by atoms with Crippen molar-refractivity contribution in [2.45, 2.75) is 31.0 Å². The van der Waals surface area contributed by atoms with E-state index in [1.165, 1.54) is 5.56 Å². The normalized spacial score (nSPS) is 25.2. The Bertz CT molecular complexity index is 396. The highest BCUT2D eigenvalue weighted by Crippen LogP contribution is 2.21. The van der Waals surface area contributed by atoms with Gasteiger partial charge in [-0.15, -0.1) is 0 Å². The molecule has 0 saturated carbocycles. The second-order valence-corrected chi connectivity index (χ2v) is 6.11. The van der Waals surface area contributed by atoms with Gasteiger partial charge in [0.25, 0.3) is 0 Å². The van der Waals surface area contributed by atoms with Crippen LogP contribution in [0.3, 0.4) is 0 Å². The molecule has 2 rings (SSSR count). The van der Waals surface area contributed by atoms with Gasteiger partial charge in [0.1, 0.15) is 0 Å². The van der Waals surface area contributed by atoms with Gasteiger partial charge in [0.05, 0.1) is 6.10 Å². The number of rotatable bonds is 6. The van der Waals surface area contributed by atoms with Gasteiger partial charge in [0.2, 0.25) is 0 Å². The molecule has 1 aromatic rings. The largest absolute Gasteiger partial charge is 0.392 e. The Balaban J connectivity index is 1.86. The fourth-order valence-electron chi connectivity index (χ4n) is 3.01. The molecule has 1 fully saturated rings. The molecule has 1 saturated heterocycles. The first kappa shape index (κ1) is 15.4. The van der Waals surface area contributed by atoms with Gasteiger partial charge in [-0.1, -0.05) is 30.3 Å². The second kappa shape index (κ2) is 7.18. The van der Waals surface area contributed by atoms with Crippen LogP contribution in [0.15, 0.2) is 30.3 Å². The molecule has 0 amide bonds. The fraction of sp³-hybridized carbons (Fsp3) is 0.625. The fourth-order valence-corrected chi connectivity index (χ4v) is 3.01. The molecule has 112 valence electrons. The van der Waals surface area contributed by atoms with E-state index in [1.54, 1.807) is 0 Å². The summed E-state index contributed by atoms with van der Waals surface area (Å²) < 4.78 is 0. The highest BCUT2D eigenvalue weighted by Gasteiger charge is 2.30. The first-order valence-corrected chi connectivity index (χ1v) is 7.43. The van der Waals surface area contributed by atoms with Crippen molar-refractivity contribution in [2.75, 3.05) is 33.7 Å². The molecule has 20 heavy (non-hydrogen) atoms. The van der Waals surface area contributed by atoms with Gasteiger partial charge in [0, 0.05) is 31.7 Å². The number of hydrogen-bond acceptors (Lipinski definition) is 4. The molecular formula is C16H27N3O. The highest BCUT2D eigenvalue weighted by molar-refractivity contribution is 5.18. The van der Waals surface area contributed by atoms with Crippen molar-refractivity contribution in [3.63, 3.8) is 0 Å². The minimum absolute atomic E-state index is 0.0777. The molecule has 1 heterocycles. The summed E-state index contributed by atoms with van der Waals surface area (Å²) in [7, 11) is 4.16. The van der Waals surface area contributed by atoms with E-state index in [0.717, 1.165) is 32.5 Å². The van der Waals surface area contributed by atoms with Crippen LogP contribution < -0.4 is 5.73 Å². The minimum atomic E-state index is -0.187. The standard InChI is InChI=1S/C16H27N3O/c1-18(2)11-14-10-15(20)12-19(14)9-8-16(17)13-6-4-3-5-7-13/h3-7,14-16,20H,8-12,17H2,1-2H3. The number of likely N-dealkylation sites (tertiary alicyclic amines) is 1. The van der Waals surface area contributed by atoms with E-state index in [0.29, 0.717) is 6.04 Å².